The van der Waals surface area contributed by atoms with Crippen molar-refractivity contribution in [3.05, 3.63) is 60.2 Å². The van der Waals surface area contributed by atoms with Gasteiger partial charge in [-0.2, -0.15) is 0 Å². The minimum Gasteiger partial charge on any atom is -0.497 e. The van der Waals surface area contributed by atoms with E-state index in [1.807, 2.05) is 37.3 Å². The van der Waals surface area contributed by atoms with Crippen molar-refractivity contribution < 1.29 is 14.3 Å². The number of hydrogen-bond donors (Lipinski definition) is 1. The average Bonchev–Trinajstić information content (AvgIpc) is 2.54. The molecule has 0 aliphatic carbocycles. The largest absolute Gasteiger partial charge is 0.497 e. The number of carbonyl (C=O) groups is 1. The predicted octanol–water partition coefficient (Wildman–Crippen LogP) is 2.95. The number of carbonyl (C=O) groups excluding carboxylic acids is 1. The number of hydrogen-bond acceptors (Lipinski definition) is 3. The second kappa shape index (κ2) is 7.33. The molecule has 0 aromatic heterocycles. The molecule has 1 unspecified atom stereocenters. The summed E-state index contributed by atoms with van der Waals surface area (Å²) in [7, 11) is 1.61. The Kier molecular flexibility index (Phi) is 5.21. The Morgan fingerprint density at radius 1 is 1.05 bits per heavy atom. The Balaban J connectivity index is 1.81. The lowest BCUT2D eigenvalue weighted by Gasteiger charge is -2.14. The van der Waals surface area contributed by atoms with E-state index in [0.29, 0.717) is 5.75 Å². The normalized spacial score (nSPS) is 11.5. The Labute approximate surface area is 124 Å². The molecule has 4 nitrogen and oxygen atoms in total. The first-order valence-corrected chi connectivity index (χ1v) is 6.80. The number of benzene rings is 2. The van der Waals surface area contributed by atoms with Crippen molar-refractivity contribution in [2.45, 2.75) is 13.0 Å². The molecule has 1 N–H and O–H groups in total. The van der Waals surface area contributed by atoms with E-state index < -0.39 is 0 Å². The van der Waals surface area contributed by atoms with E-state index in [4.69, 9.17) is 9.47 Å². The molecule has 0 aliphatic heterocycles. The Morgan fingerprint density at radius 3 is 2.29 bits per heavy atom. The van der Waals surface area contributed by atoms with Gasteiger partial charge in [-0.15, -0.1) is 0 Å². The van der Waals surface area contributed by atoms with Crippen molar-refractivity contribution in [1.82, 2.24) is 5.32 Å². The second-order valence-electron chi connectivity index (χ2n) is 4.66. The molecule has 21 heavy (non-hydrogen) atoms. The topological polar surface area (TPSA) is 47.6 Å². The van der Waals surface area contributed by atoms with Gasteiger partial charge in [0.1, 0.15) is 11.5 Å². The van der Waals surface area contributed by atoms with Crippen LogP contribution in [-0.4, -0.2) is 19.6 Å². The number of rotatable bonds is 6. The zero-order chi connectivity index (χ0) is 15.1. The van der Waals surface area contributed by atoms with Crippen molar-refractivity contribution in [3.8, 4) is 11.5 Å². The van der Waals surface area contributed by atoms with Crippen LogP contribution in [0.4, 0.5) is 0 Å². The molecule has 0 spiro atoms. The highest BCUT2D eigenvalue weighted by Crippen LogP contribution is 2.17. The van der Waals surface area contributed by atoms with E-state index in [9.17, 15) is 4.79 Å². The van der Waals surface area contributed by atoms with Gasteiger partial charge in [0, 0.05) is 0 Å². The highest BCUT2D eigenvalue weighted by atomic mass is 16.5. The first kappa shape index (κ1) is 14.9. The van der Waals surface area contributed by atoms with Crippen LogP contribution in [0.1, 0.15) is 18.5 Å². The van der Waals surface area contributed by atoms with E-state index in [1.54, 1.807) is 31.4 Å². The summed E-state index contributed by atoms with van der Waals surface area (Å²) >= 11 is 0. The summed E-state index contributed by atoms with van der Waals surface area (Å²) in [6.45, 7) is 1.93. The van der Waals surface area contributed by atoms with Crippen molar-refractivity contribution in [2.75, 3.05) is 13.7 Å². The maximum atomic E-state index is 11.9. The van der Waals surface area contributed by atoms with Crippen molar-refractivity contribution in [2.24, 2.45) is 0 Å². The molecule has 0 fully saturated rings. The fourth-order valence-corrected chi connectivity index (χ4v) is 1.93. The van der Waals surface area contributed by atoms with Gasteiger partial charge in [-0.05, 0) is 36.8 Å². The molecular weight excluding hydrogens is 266 g/mol. The van der Waals surface area contributed by atoms with Crippen LogP contribution in [0.5, 0.6) is 11.5 Å². The molecule has 0 saturated heterocycles. The predicted molar refractivity (Wildman–Crippen MR) is 81.5 cm³/mol. The first-order chi connectivity index (χ1) is 10.2. The maximum absolute atomic E-state index is 11.9. The van der Waals surface area contributed by atoms with Crippen molar-refractivity contribution >= 4 is 5.91 Å². The molecule has 1 amide bonds. The van der Waals surface area contributed by atoms with Gasteiger partial charge in [0.2, 0.25) is 0 Å². The molecule has 0 heterocycles. The molecular formula is C17H19NO3. The summed E-state index contributed by atoms with van der Waals surface area (Å²) in [5.74, 6) is 1.24. The molecule has 0 bridgehead atoms. The van der Waals surface area contributed by atoms with Gasteiger partial charge in [0.15, 0.2) is 6.61 Å². The molecule has 2 aromatic rings. The molecule has 2 aromatic carbocycles. The van der Waals surface area contributed by atoms with Gasteiger partial charge in [0.25, 0.3) is 5.91 Å². The van der Waals surface area contributed by atoms with E-state index in [1.165, 1.54) is 0 Å². The molecule has 2 rings (SSSR count). The first-order valence-electron chi connectivity index (χ1n) is 6.80. The average molecular weight is 285 g/mol. The summed E-state index contributed by atoms with van der Waals surface area (Å²) in [6.07, 6.45) is 0. The third-order valence-corrected chi connectivity index (χ3v) is 3.11. The van der Waals surface area contributed by atoms with E-state index >= 15 is 0 Å². The quantitative estimate of drug-likeness (QED) is 0.887. The van der Waals surface area contributed by atoms with Crippen LogP contribution < -0.4 is 14.8 Å². The number of amides is 1. The monoisotopic (exact) mass is 285 g/mol. The van der Waals surface area contributed by atoms with Gasteiger partial charge < -0.3 is 14.8 Å². The Morgan fingerprint density at radius 2 is 1.67 bits per heavy atom. The lowest BCUT2D eigenvalue weighted by atomic mass is 10.1. The molecule has 0 aliphatic rings. The summed E-state index contributed by atoms with van der Waals surface area (Å²) < 4.78 is 10.5. The minimum absolute atomic E-state index is 0.0104. The van der Waals surface area contributed by atoms with Gasteiger partial charge >= 0.3 is 0 Å². The summed E-state index contributed by atoms with van der Waals surface area (Å²) in [5.41, 5.74) is 1.07. The minimum atomic E-state index is -0.151. The fraction of sp³-hybridized carbons (Fsp3) is 0.235. The van der Waals surface area contributed by atoms with Crippen LogP contribution >= 0.6 is 0 Å². The van der Waals surface area contributed by atoms with Crippen LogP contribution in [0.25, 0.3) is 0 Å². The zero-order valence-corrected chi connectivity index (χ0v) is 12.2. The van der Waals surface area contributed by atoms with Crippen molar-refractivity contribution in [3.63, 3.8) is 0 Å². The number of methoxy groups -OCH3 is 1. The Bertz CT molecular complexity index is 566. The third kappa shape index (κ3) is 4.53. The van der Waals surface area contributed by atoms with E-state index in [2.05, 4.69) is 5.32 Å². The zero-order valence-electron chi connectivity index (χ0n) is 12.2. The fourth-order valence-electron chi connectivity index (χ4n) is 1.93. The highest BCUT2D eigenvalue weighted by molar-refractivity contribution is 5.78. The van der Waals surface area contributed by atoms with Crippen LogP contribution in [0.2, 0.25) is 0 Å². The third-order valence-electron chi connectivity index (χ3n) is 3.11. The summed E-state index contributed by atoms with van der Waals surface area (Å²) in [6, 6.07) is 16.9. The van der Waals surface area contributed by atoms with Gasteiger partial charge in [-0.1, -0.05) is 30.3 Å². The Hall–Kier alpha value is -2.49. The summed E-state index contributed by atoms with van der Waals surface area (Å²) in [5, 5.41) is 2.90. The maximum Gasteiger partial charge on any atom is 0.258 e. The van der Waals surface area contributed by atoms with Gasteiger partial charge in [0.05, 0.1) is 13.2 Å². The smallest absolute Gasteiger partial charge is 0.258 e. The lowest BCUT2D eigenvalue weighted by molar-refractivity contribution is -0.123. The van der Waals surface area contributed by atoms with Gasteiger partial charge in [-0.3, -0.25) is 4.79 Å². The highest BCUT2D eigenvalue weighted by Gasteiger charge is 2.09. The second-order valence-corrected chi connectivity index (χ2v) is 4.66. The van der Waals surface area contributed by atoms with Crippen LogP contribution in [0, 0.1) is 0 Å². The molecule has 4 heteroatoms. The molecule has 110 valence electrons. The van der Waals surface area contributed by atoms with E-state index in [0.717, 1.165) is 11.3 Å². The van der Waals surface area contributed by atoms with Crippen LogP contribution in [0.3, 0.4) is 0 Å². The van der Waals surface area contributed by atoms with E-state index in [-0.39, 0.29) is 18.6 Å². The SMILES string of the molecule is COc1ccc(OCC(=O)NC(C)c2ccccc2)cc1. The number of ether oxygens (including phenoxy) is 2. The van der Waals surface area contributed by atoms with Crippen LogP contribution in [0.15, 0.2) is 54.6 Å². The molecule has 1 atom stereocenters. The molecule has 0 radical (unpaired) electrons. The van der Waals surface area contributed by atoms with Gasteiger partial charge in [-0.25, -0.2) is 0 Å². The number of nitrogens with one attached hydrogen (secondary N) is 1. The van der Waals surface area contributed by atoms with Crippen LogP contribution in [-0.2, 0) is 4.79 Å². The lowest BCUT2D eigenvalue weighted by Crippen LogP contribution is -2.31. The standard InChI is InChI=1S/C17H19NO3/c1-13(14-6-4-3-5-7-14)18-17(19)12-21-16-10-8-15(20-2)9-11-16/h3-11,13H,12H2,1-2H3,(H,18,19). The molecule has 0 saturated carbocycles. The van der Waals surface area contributed by atoms with Crippen molar-refractivity contribution in [1.29, 1.82) is 0 Å². The summed E-state index contributed by atoms with van der Waals surface area (Å²) in [4.78, 5) is 11.9.